The lowest BCUT2D eigenvalue weighted by Crippen LogP contribution is -2.37. The summed E-state index contributed by atoms with van der Waals surface area (Å²) in [6.45, 7) is 2.13. The van der Waals surface area contributed by atoms with E-state index in [9.17, 15) is 0 Å². The second-order valence-electron chi connectivity index (χ2n) is 5.22. The molecule has 0 aliphatic heterocycles. The Bertz CT molecular complexity index is 413. The average molecular weight is 281 g/mol. The van der Waals surface area contributed by atoms with Crippen molar-refractivity contribution in [3.8, 4) is 0 Å². The molecule has 2 aromatic carbocycles. The highest BCUT2D eigenvalue weighted by atomic mass is 35.5. The molecule has 2 aromatic rings. The minimum absolute atomic E-state index is 0. The molecular formula is C16H23ClNO+. The van der Waals surface area contributed by atoms with E-state index in [2.05, 4.69) is 74.8 Å². The van der Waals surface area contributed by atoms with Crippen LogP contribution in [-0.2, 0) is 13.1 Å². The summed E-state index contributed by atoms with van der Waals surface area (Å²) in [5, 5.41) is 0. The SMILES string of the molecule is C[N+](C)(Cc1ccccc1)Cc1ccccc1.Cl.O. The third-order valence-electron chi connectivity index (χ3n) is 2.91. The van der Waals surface area contributed by atoms with Gasteiger partial charge < -0.3 is 9.96 Å². The zero-order valence-electron chi connectivity index (χ0n) is 11.5. The van der Waals surface area contributed by atoms with Crippen molar-refractivity contribution in [3.63, 3.8) is 0 Å². The number of quaternary nitrogens is 1. The Hall–Kier alpha value is -1.35. The fourth-order valence-corrected chi connectivity index (χ4v) is 2.21. The van der Waals surface area contributed by atoms with Crippen LogP contribution in [0.5, 0.6) is 0 Å². The molecule has 2 N–H and O–H groups in total. The standard InChI is InChI=1S/C16H20N.ClH.H2O/c1-17(2,13-15-9-5-3-6-10-15)14-16-11-7-4-8-12-16;;/h3-12H,13-14H2,1-2H3;1H;1H2/q+1;;. The van der Waals surface area contributed by atoms with Crippen LogP contribution in [0, 0.1) is 0 Å². The molecule has 0 radical (unpaired) electrons. The van der Waals surface area contributed by atoms with Gasteiger partial charge in [-0.25, -0.2) is 0 Å². The van der Waals surface area contributed by atoms with Crippen LogP contribution >= 0.6 is 12.4 Å². The van der Waals surface area contributed by atoms with E-state index in [1.54, 1.807) is 0 Å². The van der Waals surface area contributed by atoms with Crippen molar-refractivity contribution in [2.24, 2.45) is 0 Å². The van der Waals surface area contributed by atoms with Crippen molar-refractivity contribution < 1.29 is 9.96 Å². The van der Waals surface area contributed by atoms with E-state index < -0.39 is 0 Å². The normalized spacial score (nSPS) is 10.2. The first-order valence-corrected chi connectivity index (χ1v) is 6.06. The third kappa shape index (κ3) is 5.88. The molecule has 0 heterocycles. The molecule has 0 atom stereocenters. The molecule has 0 amide bonds. The molecule has 3 heteroatoms. The van der Waals surface area contributed by atoms with Crippen LogP contribution in [0.25, 0.3) is 0 Å². The van der Waals surface area contributed by atoms with Gasteiger partial charge in [0.1, 0.15) is 13.1 Å². The van der Waals surface area contributed by atoms with Crippen LogP contribution in [0.3, 0.4) is 0 Å². The molecular weight excluding hydrogens is 258 g/mol. The van der Waals surface area contributed by atoms with Crippen molar-refractivity contribution in [1.29, 1.82) is 0 Å². The van der Waals surface area contributed by atoms with Crippen LogP contribution in [-0.4, -0.2) is 24.1 Å². The first-order chi connectivity index (χ1) is 8.16. The molecule has 2 nitrogen and oxygen atoms in total. The van der Waals surface area contributed by atoms with Gasteiger partial charge in [0, 0.05) is 11.1 Å². The molecule has 0 bridgehead atoms. The van der Waals surface area contributed by atoms with Gasteiger partial charge in [-0.1, -0.05) is 60.7 Å². The van der Waals surface area contributed by atoms with Gasteiger partial charge in [-0.2, -0.15) is 0 Å². The first kappa shape index (κ1) is 17.6. The Morgan fingerprint density at radius 3 is 1.32 bits per heavy atom. The average Bonchev–Trinajstić information content (AvgIpc) is 2.30. The number of hydrogen-bond donors (Lipinski definition) is 0. The lowest BCUT2D eigenvalue weighted by Gasteiger charge is -2.30. The second-order valence-corrected chi connectivity index (χ2v) is 5.22. The van der Waals surface area contributed by atoms with Crippen LogP contribution in [0.4, 0.5) is 0 Å². The van der Waals surface area contributed by atoms with E-state index in [-0.39, 0.29) is 17.9 Å². The highest BCUT2D eigenvalue weighted by Gasteiger charge is 2.16. The molecule has 0 spiro atoms. The minimum atomic E-state index is 0. The Labute approximate surface area is 122 Å². The van der Waals surface area contributed by atoms with Gasteiger partial charge >= 0.3 is 0 Å². The van der Waals surface area contributed by atoms with E-state index in [1.165, 1.54) is 11.1 Å². The molecule has 19 heavy (non-hydrogen) atoms. The zero-order chi connectivity index (χ0) is 12.1. The van der Waals surface area contributed by atoms with Gasteiger partial charge in [-0.3, -0.25) is 0 Å². The number of benzene rings is 2. The summed E-state index contributed by atoms with van der Waals surface area (Å²) in [6.07, 6.45) is 0. The van der Waals surface area contributed by atoms with E-state index in [0.29, 0.717) is 0 Å². The monoisotopic (exact) mass is 280 g/mol. The molecule has 0 fully saturated rings. The summed E-state index contributed by atoms with van der Waals surface area (Å²) in [5.74, 6) is 0. The van der Waals surface area contributed by atoms with Crippen molar-refractivity contribution >= 4 is 12.4 Å². The number of hydrogen-bond acceptors (Lipinski definition) is 0. The molecule has 104 valence electrons. The molecule has 0 aliphatic rings. The fourth-order valence-electron chi connectivity index (χ4n) is 2.21. The fraction of sp³-hybridized carbons (Fsp3) is 0.250. The Morgan fingerprint density at radius 1 is 0.684 bits per heavy atom. The number of halogens is 1. The second kappa shape index (κ2) is 7.95. The van der Waals surface area contributed by atoms with Gasteiger partial charge in [0.25, 0.3) is 0 Å². The van der Waals surface area contributed by atoms with Crippen LogP contribution in [0.15, 0.2) is 60.7 Å². The van der Waals surface area contributed by atoms with Gasteiger partial charge in [0.15, 0.2) is 0 Å². The number of nitrogens with zero attached hydrogens (tertiary/aromatic N) is 1. The minimum Gasteiger partial charge on any atom is -0.412 e. The Morgan fingerprint density at radius 2 is 1.00 bits per heavy atom. The summed E-state index contributed by atoms with van der Waals surface area (Å²) in [7, 11) is 4.56. The van der Waals surface area contributed by atoms with Crippen molar-refractivity contribution in [2.45, 2.75) is 13.1 Å². The summed E-state index contributed by atoms with van der Waals surface area (Å²) in [6, 6.07) is 21.4. The maximum absolute atomic E-state index is 2.28. The van der Waals surface area contributed by atoms with E-state index >= 15 is 0 Å². The Balaban J connectivity index is 0.00000162. The lowest BCUT2D eigenvalue weighted by atomic mass is 10.1. The Kier molecular flexibility index (Phi) is 7.38. The predicted molar refractivity (Wildman–Crippen MR) is 83.3 cm³/mol. The quantitative estimate of drug-likeness (QED) is 0.771. The van der Waals surface area contributed by atoms with Crippen molar-refractivity contribution in [2.75, 3.05) is 14.1 Å². The van der Waals surface area contributed by atoms with Crippen molar-refractivity contribution in [1.82, 2.24) is 0 Å². The summed E-state index contributed by atoms with van der Waals surface area (Å²) in [5.41, 5.74) is 2.79. The van der Waals surface area contributed by atoms with Gasteiger partial charge in [-0.15, -0.1) is 12.4 Å². The summed E-state index contributed by atoms with van der Waals surface area (Å²) in [4.78, 5) is 0. The number of rotatable bonds is 4. The highest BCUT2D eigenvalue weighted by Crippen LogP contribution is 2.14. The first-order valence-electron chi connectivity index (χ1n) is 6.06. The lowest BCUT2D eigenvalue weighted by molar-refractivity contribution is -0.916. The zero-order valence-corrected chi connectivity index (χ0v) is 12.4. The molecule has 0 saturated heterocycles. The van der Waals surface area contributed by atoms with E-state index in [0.717, 1.165) is 17.6 Å². The van der Waals surface area contributed by atoms with E-state index in [4.69, 9.17) is 0 Å². The van der Waals surface area contributed by atoms with Crippen LogP contribution in [0.1, 0.15) is 11.1 Å². The smallest absolute Gasteiger partial charge is 0.104 e. The molecule has 2 rings (SSSR count). The topological polar surface area (TPSA) is 31.5 Å². The molecule has 0 aliphatic carbocycles. The highest BCUT2D eigenvalue weighted by molar-refractivity contribution is 5.85. The van der Waals surface area contributed by atoms with Gasteiger partial charge in [0.2, 0.25) is 0 Å². The third-order valence-corrected chi connectivity index (χ3v) is 2.91. The molecule has 0 saturated carbocycles. The van der Waals surface area contributed by atoms with Gasteiger partial charge in [-0.05, 0) is 0 Å². The summed E-state index contributed by atoms with van der Waals surface area (Å²) >= 11 is 0. The van der Waals surface area contributed by atoms with Gasteiger partial charge in [0.05, 0.1) is 14.1 Å². The van der Waals surface area contributed by atoms with Crippen molar-refractivity contribution in [3.05, 3.63) is 71.8 Å². The largest absolute Gasteiger partial charge is 0.412 e. The van der Waals surface area contributed by atoms with E-state index in [1.807, 2.05) is 0 Å². The molecule has 0 unspecified atom stereocenters. The summed E-state index contributed by atoms with van der Waals surface area (Å²) < 4.78 is 0.980. The van der Waals surface area contributed by atoms with Crippen LogP contribution < -0.4 is 0 Å². The van der Waals surface area contributed by atoms with Crippen LogP contribution in [0.2, 0.25) is 0 Å². The predicted octanol–water partition coefficient (Wildman–Crippen LogP) is 3.06. The molecule has 0 aromatic heterocycles. The maximum atomic E-state index is 2.28. The maximum Gasteiger partial charge on any atom is 0.104 e.